The lowest BCUT2D eigenvalue weighted by Crippen LogP contribution is -2.40. The second kappa shape index (κ2) is 10.1. The third kappa shape index (κ3) is 5.44. The van der Waals surface area contributed by atoms with Gasteiger partial charge in [-0.25, -0.2) is 4.99 Å². The summed E-state index contributed by atoms with van der Waals surface area (Å²) in [5.41, 5.74) is 1.26. The van der Waals surface area contributed by atoms with E-state index in [1.54, 1.807) is 0 Å². The predicted molar refractivity (Wildman–Crippen MR) is 109 cm³/mol. The lowest BCUT2D eigenvalue weighted by molar-refractivity contribution is 0.0376. The van der Waals surface area contributed by atoms with E-state index in [1.807, 2.05) is 0 Å². The fourth-order valence-electron chi connectivity index (χ4n) is 3.27. The van der Waals surface area contributed by atoms with E-state index in [9.17, 15) is 0 Å². The van der Waals surface area contributed by atoms with Crippen molar-refractivity contribution in [3.8, 4) is 0 Å². The summed E-state index contributed by atoms with van der Waals surface area (Å²) in [6.07, 6.45) is 1.11. The number of rotatable bonds is 7. The third-order valence-electron chi connectivity index (χ3n) is 4.68. The molecular formula is C21H30N4O. The molecule has 0 atom stereocenters. The van der Waals surface area contributed by atoms with Crippen LogP contribution in [0.2, 0.25) is 0 Å². The van der Waals surface area contributed by atoms with Gasteiger partial charge in [0.2, 0.25) is 0 Å². The molecule has 5 heteroatoms. The first-order chi connectivity index (χ1) is 12.9. The quantitative estimate of drug-likeness (QED) is 0.456. The largest absolute Gasteiger partial charge is 0.379 e. The number of hydrogen-bond acceptors (Lipinski definition) is 3. The van der Waals surface area contributed by atoms with E-state index in [2.05, 4.69) is 64.9 Å². The normalized spacial score (nSPS) is 16.0. The number of aliphatic imine (C=N–C) groups is 1. The van der Waals surface area contributed by atoms with Gasteiger partial charge >= 0.3 is 0 Å². The van der Waals surface area contributed by atoms with Gasteiger partial charge in [0.15, 0.2) is 5.96 Å². The van der Waals surface area contributed by atoms with Crippen LogP contribution in [0.4, 0.5) is 0 Å². The number of hydrogen-bond donors (Lipinski definition) is 2. The summed E-state index contributed by atoms with van der Waals surface area (Å²) in [6.45, 7) is 9.52. The summed E-state index contributed by atoms with van der Waals surface area (Å²) in [6, 6.07) is 14.9. The van der Waals surface area contributed by atoms with E-state index >= 15 is 0 Å². The first kappa shape index (κ1) is 18.7. The third-order valence-corrected chi connectivity index (χ3v) is 4.68. The highest BCUT2D eigenvalue weighted by atomic mass is 16.5. The van der Waals surface area contributed by atoms with Crippen molar-refractivity contribution in [3.63, 3.8) is 0 Å². The van der Waals surface area contributed by atoms with Crippen LogP contribution in [-0.2, 0) is 11.3 Å². The molecule has 0 aliphatic carbocycles. The minimum Gasteiger partial charge on any atom is -0.379 e. The standard InChI is InChI=1S/C21H30N4O/c1-2-22-21(23-11-6-12-25-13-15-26-16-14-25)24-17-19-9-5-8-18-7-3-4-10-20(18)19/h3-5,7-10H,2,6,11-17H2,1H3,(H2,22,23,24). The van der Waals surface area contributed by atoms with Crippen molar-refractivity contribution in [2.24, 2.45) is 4.99 Å². The van der Waals surface area contributed by atoms with Crippen molar-refractivity contribution < 1.29 is 4.74 Å². The zero-order chi connectivity index (χ0) is 18.0. The minimum atomic E-state index is 0.681. The number of benzene rings is 2. The van der Waals surface area contributed by atoms with Crippen molar-refractivity contribution in [1.82, 2.24) is 15.5 Å². The molecule has 1 aliphatic heterocycles. The van der Waals surface area contributed by atoms with Crippen LogP contribution in [0.5, 0.6) is 0 Å². The van der Waals surface area contributed by atoms with E-state index in [1.165, 1.54) is 16.3 Å². The van der Waals surface area contributed by atoms with Gasteiger partial charge in [-0.2, -0.15) is 0 Å². The van der Waals surface area contributed by atoms with E-state index in [4.69, 9.17) is 9.73 Å². The highest BCUT2D eigenvalue weighted by Gasteiger charge is 2.09. The van der Waals surface area contributed by atoms with Crippen molar-refractivity contribution in [3.05, 3.63) is 48.0 Å². The Hall–Kier alpha value is -2.11. The highest BCUT2D eigenvalue weighted by Crippen LogP contribution is 2.19. The molecule has 3 rings (SSSR count). The average Bonchev–Trinajstić information content (AvgIpc) is 2.70. The molecule has 140 valence electrons. The van der Waals surface area contributed by atoms with E-state index < -0.39 is 0 Å². The summed E-state index contributed by atoms with van der Waals surface area (Å²) in [7, 11) is 0. The molecule has 0 aromatic heterocycles. The fourth-order valence-corrected chi connectivity index (χ4v) is 3.27. The van der Waals surface area contributed by atoms with Crippen LogP contribution in [0.1, 0.15) is 18.9 Å². The maximum atomic E-state index is 5.39. The minimum absolute atomic E-state index is 0.681. The SMILES string of the molecule is CCNC(=NCc1cccc2ccccc12)NCCCN1CCOCC1. The summed E-state index contributed by atoms with van der Waals surface area (Å²) in [4.78, 5) is 7.24. The summed E-state index contributed by atoms with van der Waals surface area (Å²) in [5, 5.41) is 9.35. The predicted octanol–water partition coefficient (Wildman–Crippen LogP) is 2.62. The van der Waals surface area contributed by atoms with Gasteiger partial charge in [0.25, 0.3) is 0 Å². The highest BCUT2D eigenvalue weighted by molar-refractivity contribution is 5.86. The van der Waals surface area contributed by atoms with E-state index in [0.29, 0.717) is 6.54 Å². The maximum absolute atomic E-state index is 5.39. The van der Waals surface area contributed by atoms with E-state index in [0.717, 1.165) is 58.3 Å². The van der Waals surface area contributed by atoms with Crippen LogP contribution in [0.25, 0.3) is 10.8 Å². The van der Waals surface area contributed by atoms with Gasteiger partial charge in [0, 0.05) is 26.2 Å². The Morgan fingerprint density at radius 3 is 2.73 bits per heavy atom. The van der Waals surface area contributed by atoms with Crippen LogP contribution in [0, 0.1) is 0 Å². The maximum Gasteiger partial charge on any atom is 0.191 e. The topological polar surface area (TPSA) is 48.9 Å². The Labute approximate surface area is 156 Å². The van der Waals surface area contributed by atoms with Gasteiger partial charge in [0.1, 0.15) is 0 Å². The molecule has 0 amide bonds. The molecule has 0 unspecified atom stereocenters. The first-order valence-electron chi connectivity index (χ1n) is 9.66. The van der Waals surface area contributed by atoms with Crippen LogP contribution >= 0.6 is 0 Å². The Bertz CT molecular complexity index is 705. The first-order valence-corrected chi connectivity index (χ1v) is 9.66. The second-order valence-corrected chi connectivity index (χ2v) is 6.57. The summed E-state index contributed by atoms with van der Waals surface area (Å²) < 4.78 is 5.39. The van der Waals surface area contributed by atoms with Gasteiger partial charge in [-0.15, -0.1) is 0 Å². The van der Waals surface area contributed by atoms with Crippen molar-refractivity contribution in [1.29, 1.82) is 0 Å². The molecule has 2 N–H and O–H groups in total. The van der Waals surface area contributed by atoms with Gasteiger partial charge in [0.05, 0.1) is 19.8 Å². The van der Waals surface area contributed by atoms with Crippen LogP contribution in [0.3, 0.4) is 0 Å². The number of guanidine groups is 1. The van der Waals surface area contributed by atoms with Crippen LogP contribution in [-0.4, -0.2) is 56.8 Å². The molecule has 2 aromatic rings. The molecule has 2 aromatic carbocycles. The number of nitrogens with one attached hydrogen (secondary N) is 2. The number of morpholine rings is 1. The molecule has 1 heterocycles. The second-order valence-electron chi connectivity index (χ2n) is 6.57. The van der Waals surface area contributed by atoms with Gasteiger partial charge in [-0.05, 0) is 36.2 Å². The molecule has 1 aliphatic rings. The zero-order valence-corrected chi connectivity index (χ0v) is 15.7. The van der Waals surface area contributed by atoms with Gasteiger partial charge < -0.3 is 15.4 Å². The Kier molecular flexibility index (Phi) is 7.28. The zero-order valence-electron chi connectivity index (χ0n) is 15.7. The summed E-state index contributed by atoms with van der Waals surface area (Å²) in [5.74, 6) is 0.891. The van der Waals surface area contributed by atoms with Gasteiger partial charge in [-0.3, -0.25) is 4.90 Å². The lowest BCUT2D eigenvalue weighted by atomic mass is 10.1. The molecule has 1 saturated heterocycles. The van der Waals surface area contributed by atoms with E-state index in [-0.39, 0.29) is 0 Å². The smallest absolute Gasteiger partial charge is 0.191 e. The average molecular weight is 354 g/mol. The van der Waals surface area contributed by atoms with Gasteiger partial charge in [-0.1, -0.05) is 42.5 Å². The number of fused-ring (bicyclic) bond motifs is 1. The number of ether oxygens (including phenoxy) is 1. The molecule has 5 nitrogen and oxygen atoms in total. The van der Waals surface area contributed by atoms with Crippen molar-refractivity contribution >= 4 is 16.7 Å². The Morgan fingerprint density at radius 1 is 1.08 bits per heavy atom. The molecule has 0 spiro atoms. The van der Waals surface area contributed by atoms with Crippen LogP contribution < -0.4 is 10.6 Å². The monoisotopic (exact) mass is 354 g/mol. The molecule has 0 saturated carbocycles. The van der Waals surface area contributed by atoms with Crippen molar-refractivity contribution in [2.75, 3.05) is 45.9 Å². The fraction of sp³-hybridized carbons (Fsp3) is 0.476. The van der Waals surface area contributed by atoms with Crippen molar-refractivity contribution in [2.45, 2.75) is 19.9 Å². The Morgan fingerprint density at radius 2 is 1.88 bits per heavy atom. The molecular weight excluding hydrogens is 324 g/mol. The van der Waals surface area contributed by atoms with Crippen LogP contribution in [0.15, 0.2) is 47.5 Å². The summed E-state index contributed by atoms with van der Waals surface area (Å²) >= 11 is 0. The lowest BCUT2D eigenvalue weighted by Gasteiger charge is -2.26. The molecule has 1 fully saturated rings. The molecule has 0 bridgehead atoms. The molecule has 26 heavy (non-hydrogen) atoms. The number of nitrogens with zero attached hydrogens (tertiary/aromatic N) is 2. The Balaban J connectivity index is 1.53. The molecule has 0 radical (unpaired) electrons.